The van der Waals surface area contributed by atoms with Gasteiger partial charge < -0.3 is 9.64 Å². The summed E-state index contributed by atoms with van der Waals surface area (Å²) in [5, 5.41) is 0. The Bertz CT molecular complexity index is 1410. The minimum atomic E-state index is -0.107. The zero-order valence-corrected chi connectivity index (χ0v) is 21.0. The number of anilines is 1. The maximum Gasteiger partial charge on any atom is 0.193 e. The smallest absolute Gasteiger partial charge is 0.193 e. The van der Waals surface area contributed by atoms with Gasteiger partial charge in [-0.05, 0) is 47.5 Å². The molecule has 4 aromatic rings. The van der Waals surface area contributed by atoms with Crippen molar-refractivity contribution in [2.24, 2.45) is 0 Å². The van der Waals surface area contributed by atoms with Gasteiger partial charge in [0.15, 0.2) is 17.3 Å². The highest BCUT2D eigenvalue weighted by atomic mass is 16.5. The normalized spacial score (nSPS) is 13.2. The molecule has 1 aromatic heterocycles. The number of rotatable bonds is 9. The molecule has 0 amide bonds. The molecule has 0 spiro atoms. The van der Waals surface area contributed by atoms with Gasteiger partial charge in [-0.25, -0.2) is 0 Å². The number of morpholine rings is 1. The second-order valence-corrected chi connectivity index (χ2v) is 9.28. The second kappa shape index (κ2) is 11.8. The average molecular weight is 505 g/mol. The lowest BCUT2D eigenvalue weighted by atomic mass is 9.97. The number of hydrogen-bond donors (Lipinski definition) is 0. The van der Waals surface area contributed by atoms with Gasteiger partial charge in [-0.1, -0.05) is 54.6 Å². The monoisotopic (exact) mass is 504 g/mol. The van der Waals surface area contributed by atoms with E-state index in [1.165, 1.54) is 0 Å². The molecule has 0 aliphatic carbocycles. The lowest BCUT2D eigenvalue weighted by molar-refractivity contribution is 0.0982. The molecule has 190 valence electrons. The molecule has 0 unspecified atom stereocenters. The zero-order valence-electron chi connectivity index (χ0n) is 21.0. The Morgan fingerprint density at radius 1 is 0.658 bits per heavy atom. The van der Waals surface area contributed by atoms with Crippen molar-refractivity contribution in [3.05, 3.63) is 131 Å². The number of carbonyl (C=O) groups excluding carboxylic acids is 3. The van der Waals surface area contributed by atoms with Gasteiger partial charge in [0, 0.05) is 54.5 Å². The number of benzene rings is 3. The topological polar surface area (TPSA) is 76.6 Å². The summed E-state index contributed by atoms with van der Waals surface area (Å²) in [4.78, 5) is 44.5. The van der Waals surface area contributed by atoms with Crippen LogP contribution < -0.4 is 4.90 Å². The molecule has 5 rings (SSSR count). The molecule has 0 atom stereocenters. The number of aromatic nitrogens is 1. The number of ketones is 3. The third kappa shape index (κ3) is 6.10. The lowest BCUT2D eigenvalue weighted by Gasteiger charge is -2.28. The molecule has 0 radical (unpaired) electrons. The number of nitrogens with zero attached hydrogens (tertiary/aromatic N) is 2. The van der Waals surface area contributed by atoms with Gasteiger partial charge >= 0.3 is 0 Å². The Hall–Kier alpha value is -4.42. The molecule has 1 aliphatic heterocycles. The van der Waals surface area contributed by atoms with E-state index in [1.54, 1.807) is 60.8 Å². The molecule has 6 heteroatoms. The Morgan fingerprint density at radius 3 is 1.76 bits per heavy atom. The van der Waals surface area contributed by atoms with E-state index in [4.69, 9.17) is 4.74 Å². The molecule has 1 fully saturated rings. The van der Waals surface area contributed by atoms with Crippen molar-refractivity contribution in [1.29, 1.82) is 0 Å². The average Bonchev–Trinajstić information content (AvgIpc) is 2.98. The van der Waals surface area contributed by atoms with Gasteiger partial charge in [0.1, 0.15) is 5.69 Å². The van der Waals surface area contributed by atoms with Gasteiger partial charge in [0.2, 0.25) is 0 Å². The number of ether oxygens (including phenoxy) is 1. The van der Waals surface area contributed by atoms with Crippen LogP contribution in [0.3, 0.4) is 0 Å². The molecule has 0 N–H and O–H groups in total. The fourth-order valence-corrected chi connectivity index (χ4v) is 4.49. The molecule has 3 aromatic carbocycles. The van der Waals surface area contributed by atoms with E-state index in [2.05, 4.69) is 9.88 Å². The first kappa shape index (κ1) is 25.2. The summed E-state index contributed by atoms with van der Waals surface area (Å²) >= 11 is 0. The highest BCUT2D eigenvalue weighted by Gasteiger charge is 2.14. The zero-order chi connectivity index (χ0) is 26.3. The summed E-state index contributed by atoms with van der Waals surface area (Å²) in [5.41, 5.74) is 4.97. The van der Waals surface area contributed by atoms with Crippen LogP contribution in [0.2, 0.25) is 0 Å². The van der Waals surface area contributed by atoms with Crippen molar-refractivity contribution < 1.29 is 19.1 Å². The molecule has 38 heavy (non-hydrogen) atoms. The van der Waals surface area contributed by atoms with E-state index < -0.39 is 0 Å². The summed E-state index contributed by atoms with van der Waals surface area (Å²) in [7, 11) is 0. The number of hydrogen-bond acceptors (Lipinski definition) is 6. The van der Waals surface area contributed by atoms with Crippen molar-refractivity contribution >= 4 is 23.0 Å². The summed E-state index contributed by atoms with van der Waals surface area (Å²) < 4.78 is 5.40. The minimum absolute atomic E-state index is 0.0356. The van der Waals surface area contributed by atoms with Gasteiger partial charge in [0.25, 0.3) is 0 Å². The van der Waals surface area contributed by atoms with Crippen molar-refractivity contribution in [3.63, 3.8) is 0 Å². The first-order chi connectivity index (χ1) is 18.6. The van der Waals surface area contributed by atoms with Crippen LogP contribution in [0.15, 0.2) is 97.2 Å². The Labute approximate surface area is 221 Å². The first-order valence-electron chi connectivity index (χ1n) is 12.7. The van der Waals surface area contributed by atoms with Gasteiger partial charge in [-0.2, -0.15) is 0 Å². The van der Waals surface area contributed by atoms with Crippen LogP contribution in [0, 0.1) is 0 Å². The van der Waals surface area contributed by atoms with E-state index in [9.17, 15) is 14.4 Å². The third-order valence-corrected chi connectivity index (χ3v) is 6.68. The number of Topliss-reactive ketones (excluding diaryl/α,β-unsaturated/α-hetero) is 2. The second-order valence-electron chi connectivity index (χ2n) is 9.28. The van der Waals surface area contributed by atoms with Crippen molar-refractivity contribution in [2.45, 2.75) is 12.8 Å². The number of pyridine rings is 1. The SMILES string of the molecule is O=C(Cc1ccc(C(=O)c2ccc(CC(=O)c3ccccn3)cc2)cc1)c1ccc(N2CCOCC2)cc1. The predicted molar refractivity (Wildman–Crippen MR) is 146 cm³/mol. The minimum Gasteiger partial charge on any atom is -0.378 e. The Morgan fingerprint density at radius 2 is 1.21 bits per heavy atom. The van der Waals surface area contributed by atoms with Crippen molar-refractivity contribution in [1.82, 2.24) is 4.98 Å². The van der Waals surface area contributed by atoms with Gasteiger partial charge in [-0.3, -0.25) is 19.4 Å². The fourth-order valence-electron chi connectivity index (χ4n) is 4.49. The molecule has 1 aliphatic rings. The molecule has 1 saturated heterocycles. The summed E-state index contributed by atoms with van der Waals surface area (Å²) in [6.45, 7) is 3.15. The summed E-state index contributed by atoms with van der Waals surface area (Å²) in [6, 6.07) is 27.2. The summed E-state index contributed by atoms with van der Waals surface area (Å²) in [6.07, 6.45) is 2.09. The maximum atomic E-state index is 13.0. The van der Waals surface area contributed by atoms with Crippen LogP contribution in [0.5, 0.6) is 0 Å². The van der Waals surface area contributed by atoms with Crippen molar-refractivity contribution in [3.8, 4) is 0 Å². The lowest BCUT2D eigenvalue weighted by Crippen LogP contribution is -2.36. The highest BCUT2D eigenvalue weighted by molar-refractivity contribution is 6.09. The van der Waals surface area contributed by atoms with E-state index in [-0.39, 0.29) is 30.2 Å². The van der Waals surface area contributed by atoms with Crippen LogP contribution in [0.4, 0.5) is 5.69 Å². The molecule has 2 heterocycles. The van der Waals surface area contributed by atoms with Crippen LogP contribution in [-0.4, -0.2) is 48.6 Å². The number of carbonyl (C=O) groups is 3. The largest absolute Gasteiger partial charge is 0.378 e. The highest BCUT2D eigenvalue weighted by Crippen LogP contribution is 2.19. The standard InChI is InChI=1S/C32H28N2O4/c35-30(25-12-14-28(15-13-25)34-17-19-38-20-18-34)21-23-4-8-26(9-5-23)32(37)27-10-6-24(7-11-27)22-31(36)29-3-1-2-16-33-29/h1-16H,17-22H2. The van der Waals surface area contributed by atoms with E-state index in [1.807, 2.05) is 36.4 Å². The van der Waals surface area contributed by atoms with Crippen LogP contribution >= 0.6 is 0 Å². The molecular weight excluding hydrogens is 476 g/mol. The van der Waals surface area contributed by atoms with Gasteiger partial charge in [0.05, 0.1) is 13.2 Å². The van der Waals surface area contributed by atoms with E-state index in [0.717, 1.165) is 43.1 Å². The fraction of sp³-hybridized carbons (Fsp3) is 0.188. The van der Waals surface area contributed by atoms with E-state index in [0.29, 0.717) is 22.4 Å². The van der Waals surface area contributed by atoms with Gasteiger partial charge in [-0.15, -0.1) is 0 Å². The summed E-state index contributed by atoms with van der Waals surface area (Å²) in [5.74, 6) is -0.138. The molecule has 0 saturated carbocycles. The van der Waals surface area contributed by atoms with E-state index >= 15 is 0 Å². The Balaban J connectivity index is 1.17. The maximum absolute atomic E-state index is 13.0. The first-order valence-corrected chi connectivity index (χ1v) is 12.7. The third-order valence-electron chi connectivity index (χ3n) is 6.68. The van der Waals surface area contributed by atoms with Crippen LogP contribution in [0.25, 0.3) is 0 Å². The molecule has 6 nitrogen and oxygen atoms in total. The Kier molecular flexibility index (Phi) is 7.81. The van der Waals surface area contributed by atoms with Crippen LogP contribution in [-0.2, 0) is 17.6 Å². The van der Waals surface area contributed by atoms with Crippen LogP contribution in [0.1, 0.15) is 47.9 Å². The molecule has 0 bridgehead atoms. The quantitative estimate of drug-likeness (QED) is 0.299. The van der Waals surface area contributed by atoms with Crippen molar-refractivity contribution in [2.75, 3.05) is 31.2 Å². The predicted octanol–water partition coefficient (Wildman–Crippen LogP) is 5.00. The molecular formula is C32H28N2O4.